The van der Waals surface area contributed by atoms with Crippen LogP contribution >= 0.6 is 11.6 Å². The van der Waals surface area contributed by atoms with Gasteiger partial charge in [0, 0.05) is 11.8 Å². The minimum atomic E-state index is -4.47. The highest BCUT2D eigenvalue weighted by molar-refractivity contribution is 6.29. The summed E-state index contributed by atoms with van der Waals surface area (Å²) in [6.45, 7) is 0. The molecule has 1 aromatic carbocycles. The monoisotopic (exact) mass is 315 g/mol. The van der Waals surface area contributed by atoms with Crippen LogP contribution in [0.15, 0.2) is 36.5 Å². The summed E-state index contributed by atoms with van der Waals surface area (Å²) < 4.78 is 38.2. The first-order chi connectivity index (χ1) is 9.77. The van der Waals surface area contributed by atoms with Gasteiger partial charge in [-0.15, -0.1) is 0 Å². The molecule has 0 amide bonds. The summed E-state index contributed by atoms with van der Waals surface area (Å²) in [6.07, 6.45) is -3.55. The van der Waals surface area contributed by atoms with E-state index in [1.54, 1.807) is 0 Å². The molecule has 2 rings (SSSR count). The van der Waals surface area contributed by atoms with Gasteiger partial charge >= 0.3 is 12.1 Å². The van der Waals surface area contributed by atoms with Gasteiger partial charge < -0.3 is 5.11 Å². The second-order valence-corrected chi connectivity index (χ2v) is 4.70. The molecule has 1 heterocycles. The third-order valence-corrected chi connectivity index (χ3v) is 3.01. The molecule has 1 N–H and O–H groups in total. The Bertz CT molecular complexity index is 686. The van der Waals surface area contributed by atoms with Crippen LogP contribution in [0.1, 0.15) is 11.1 Å². The van der Waals surface area contributed by atoms with Gasteiger partial charge in [0.1, 0.15) is 5.15 Å². The third kappa shape index (κ3) is 3.72. The molecule has 1 aromatic heterocycles. The zero-order valence-electron chi connectivity index (χ0n) is 10.5. The molecule has 0 unspecified atom stereocenters. The SMILES string of the molecule is O=C(O)Cc1cc(Cl)ncc1-c1cccc(C(F)(F)F)c1. The molecule has 21 heavy (non-hydrogen) atoms. The maximum absolute atomic E-state index is 12.7. The highest BCUT2D eigenvalue weighted by Crippen LogP contribution is 2.33. The molecule has 3 nitrogen and oxygen atoms in total. The van der Waals surface area contributed by atoms with Gasteiger partial charge in [-0.1, -0.05) is 23.7 Å². The molecular formula is C14H9ClF3NO2. The zero-order chi connectivity index (χ0) is 15.6. The number of hydrogen-bond donors (Lipinski definition) is 1. The number of aromatic nitrogens is 1. The summed E-state index contributed by atoms with van der Waals surface area (Å²) in [5.41, 5.74) is 0.0520. The van der Waals surface area contributed by atoms with E-state index in [-0.39, 0.29) is 17.1 Å². The second-order valence-electron chi connectivity index (χ2n) is 4.31. The van der Waals surface area contributed by atoms with Gasteiger partial charge in [0.25, 0.3) is 0 Å². The summed E-state index contributed by atoms with van der Waals surface area (Å²) in [5.74, 6) is -1.11. The topological polar surface area (TPSA) is 50.2 Å². The molecule has 2 aromatic rings. The second kappa shape index (κ2) is 5.73. The number of halogens is 4. The molecule has 0 aliphatic rings. The van der Waals surface area contributed by atoms with Crippen LogP contribution < -0.4 is 0 Å². The first kappa shape index (κ1) is 15.3. The zero-order valence-corrected chi connectivity index (χ0v) is 11.2. The lowest BCUT2D eigenvalue weighted by Gasteiger charge is -2.11. The van der Waals surface area contributed by atoms with E-state index in [1.807, 2.05) is 0 Å². The van der Waals surface area contributed by atoms with Crippen LogP contribution in [0.5, 0.6) is 0 Å². The predicted molar refractivity (Wildman–Crippen MR) is 71.0 cm³/mol. The lowest BCUT2D eigenvalue weighted by atomic mass is 9.98. The van der Waals surface area contributed by atoms with Crippen LogP contribution in [0.25, 0.3) is 11.1 Å². The summed E-state index contributed by atoms with van der Waals surface area (Å²) in [5, 5.41) is 8.95. The Morgan fingerprint density at radius 2 is 2.00 bits per heavy atom. The quantitative estimate of drug-likeness (QED) is 0.869. The Labute approximate surface area is 123 Å². The molecule has 0 saturated carbocycles. The first-order valence-electron chi connectivity index (χ1n) is 5.81. The van der Waals surface area contributed by atoms with E-state index in [9.17, 15) is 18.0 Å². The number of carbonyl (C=O) groups is 1. The van der Waals surface area contributed by atoms with Gasteiger partial charge in [0.05, 0.1) is 12.0 Å². The Balaban J connectivity index is 2.54. The van der Waals surface area contributed by atoms with Crippen LogP contribution in [0.4, 0.5) is 13.2 Å². The number of benzene rings is 1. The smallest absolute Gasteiger partial charge is 0.416 e. The predicted octanol–water partition coefficient (Wildman–Crippen LogP) is 4.05. The number of carboxylic acid groups (broad SMARTS) is 1. The number of rotatable bonds is 3. The van der Waals surface area contributed by atoms with Crippen LogP contribution in [0.2, 0.25) is 5.15 Å². The van der Waals surface area contributed by atoms with Crippen LogP contribution in [0, 0.1) is 0 Å². The molecule has 0 radical (unpaired) electrons. The standard InChI is InChI=1S/C14H9ClF3NO2/c15-12-5-9(6-13(20)21)11(7-19-12)8-2-1-3-10(4-8)14(16,17)18/h1-5,7H,6H2,(H,20,21). The van der Waals surface area contributed by atoms with E-state index in [1.165, 1.54) is 24.4 Å². The van der Waals surface area contributed by atoms with Gasteiger partial charge in [-0.05, 0) is 29.3 Å². The molecule has 0 saturated heterocycles. The summed E-state index contributed by atoms with van der Waals surface area (Å²) in [7, 11) is 0. The lowest BCUT2D eigenvalue weighted by molar-refractivity contribution is -0.138. The van der Waals surface area contributed by atoms with Crippen molar-refractivity contribution in [3.8, 4) is 11.1 Å². The molecule has 0 spiro atoms. The van der Waals surface area contributed by atoms with Crippen LogP contribution in [0.3, 0.4) is 0 Å². The Morgan fingerprint density at radius 3 is 2.62 bits per heavy atom. The van der Waals surface area contributed by atoms with Gasteiger partial charge in [0.2, 0.25) is 0 Å². The molecule has 0 aliphatic carbocycles. The number of pyridine rings is 1. The minimum Gasteiger partial charge on any atom is -0.481 e. The van der Waals surface area contributed by atoms with E-state index in [2.05, 4.69) is 4.98 Å². The Morgan fingerprint density at radius 1 is 1.29 bits per heavy atom. The number of alkyl halides is 3. The van der Waals surface area contributed by atoms with E-state index in [4.69, 9.17) is 16.7 Å². The Kier molecular flexibility index (Phi) is 4.18. The first-order valence-corrected chi connectivity index (χ1v) is 6.19. The van der Waals surface area contributed by atoms with Crippen LogP contribution in [-0.4, -0.2) is 16.1 Å². The van der Waals surface area contributed by atoms with Gasteiger partial charge in [-0.3, -0.25) is 4.79 Å². The van der Waals surface area contributed by atoms with Crippen LogP contribution in [-0.2, 0) is 17.4 Å². The average Bonchev–Trinajstić information content (AvgIpc) is 2.37. The van der Waals surface area contributed by atoms with Gasteiger partial charge in [0.15, 0.2) is 0 Å². The van der Waals surface area contributed by atoms with E-state index in [0.29, 0.717) is 11.1 Å². The molecule has 0 atom stereocenters. The Hall–Kier alpha value is -2.08. The molecule has 7 heteroatoms. The average molecular weight is 316 g/mol. The van der Waals surface area contributed by atoms with Crippen molar-refractivity contribution < 1.29 is 23.1 Å². The molecule has 0 bridgehead atoms. The number of hydrogen-bond acceptors (Lipinski definition) is 2. The van der Waals surface area contributed by atoms with Crippen molar-refractivity contribution in [3.63, 3.8) is 0 Å². The fourth-order valence-electron chi connectivity index (χ4n) is 1.90. The van der Waals surface area contributed by atoms with Crippen molar-refractivity contribution in [2.24, 2.45) is 0 Å². The molecule has 110 valence electrons. The number of aliphatic carboxylic acids is 1. The van der Waals surface area contributed by atoms with Crippen molar-refractivity contribution in [3.05, 3.63) is 52.8 Å². The summed E-state index contributed by atoms with van der Waals surface area (Å²) in [4.78, 5) is 14.7. The van der Waals surface area contributed by atoms with E-state index >= 15 is 0 Å². The van der Waals surface area contributed by atoms with E-state index < -0.39 is 17.7 Å². The fourth-order valence-corrected chi connectivity index (χ4v) is 2.08. The largest absolute Gasteiger partial charge is 0.481 e. The van der Waals surface area contributed by atoms with Crippen molar-refractivity contribution in [1.82, 2.24) is 4.98 Å². The molecule has 0 fully saturated rings. The fraction of sp³-hybridized carbons (Fsp3) is 0.143. The molecular weight excluding hydrogens is 307 g/mol. The van der Waals surface area contributed by atoms with Crippen molar-refractivity contribution >= 4 is 17.6 Å². The minimum absolute atomic E-state index is 0.0852. The van der Waals surface area contributed by atoms with Crippen molar-refractivity contribution in [2.45, 2.75) is 12.6 Å². The highest BCUT2D eigenvalue weighted by atomic mass is 35.5. The van der Waals surface area contributed by atoms with Crippen molar-refractivity contribution in [2.75, 3.05) is 0 Å². The highest BCUT2D eigenvalue weighted by Gasteiger charge is 2.30. The lowest BCUT2D eigenvalue weighted by Crippen LogP contribution is -2.06. The third-order valence-electron chi connectivity index (χ3n) is 2.80. The summed E-state index contributed by atoms with van der Waals surface area (Å²) >= 11 is 5.71. The summed E-state index contributed by atoms with van der Waals surface area (Å²) in [6, 6.07) is 5.97. The maximum Gasteiger partial charge on any atom is 0.416 e. The maximum atomic E-state index is 12.7. The normalized spacial score (nSPS) is 11.4. The van der Waals surface area contributed by atoms with Crippen molar-refractivity contribution in [1.29, 1.82) is 0 Å². The van der Waals surface area contributed by atoms with Gasteiger partial charge in [-0.25, -0.2) is 4.98 Å². The number of carboxylic acids is 1. The van der Waals surface area contributed by atoms with Gasteiger partial charge in [-0.2, -0.15) is 13.2 Å². The number of nitrogens with zero attached hydrogens (tertiary/aromatic N) is 1. The molecule has 0 aliphatic heterocycles. The van der Waals surface area contributed by atoms with E-state index in [0.717, 1.165) is 12.1 Å².